The monoisotopic (exact) mass is 240 g/mol. The normalized spacial score (nSPS) is 29.1. The van der Waals surface area contributed by atoms with Gasteiger partial charge in [-0.15, -0.1) is 0 Å². The molecule has 4 heteroatoms. The lowest BCUT2D eigenvalue weighted by atomic mass is 10.2. The second-order valence-corrected chi connectivity index (χ2v) is 6.29. The van der Waals surface area contributed by atoms with E-state index in [9.17, 15) is 4.79 Å². The van der Waals surface area contributed by atoms with Crippen molar-refractivity contribution in [1.29, 1.82) is 0 Å². The van der Waals surface area contributed by atoms with E-state index in [-0.39, 0.29) is 12.1 Å². The van der Waals surface area contributed by atoms with E-state index in [4.69, 9.17) is 4.74 Å². The minimum absolute atomic E-state index is 0.279. The lowest BCUT2D eigenvalue weighted by Crippen LogP contribution is -2.39. The Morgan fingerprint density at radius 3 is 2.24 bits per heavy atom. The van der Waals surface area contributed by atoms with Gasteiger partial charge in [-0.25, -0.2) is 4.79 Å². The van der Waals surface area contributed by atoms with Gasteiger partial charge in [-0.3, -0.25) is 0 Å². The van der Waals surface area contributed by atoms with Crippen LogP contribution in [0.25, 0.3) is 0 Å². The molecule has 0 spiro atoms. The number of amides is 1. The maximum Gasteiger partial charge on any atom is 0.407 e. The van der Waals surface area contributed by atoms with Crippen LogP contribution >= 0.6 is 0 Å². The number of hydrogen-bond donors (Lipinski definition) is 2. The fraction of sp³-hybridized carbons (Fsp3) is 0.923. The van der Waals surface area contributed by atoms with Gasteiger partial charge in [0.1, 0.15) is 5.60 Å². The van der Waals surface area contributed by atoms with E-state index in [1.54, 1.807) is 0 Å². The number of carbonyl (C=O) groups is 1. The first-order valence-electron chi connectivity index (χ1n) is 6.68. The van der Waals surface area contributed by atoms with E-state index < -0.39 is 5.60 Å². The number of nitrogens with one attached hydrogen (secondary N) is 2. The quantitative estimate of drug-likeness (QED) is 0.795. The molecule has 2 unspecified atom stereocenters. The van der Waals surface area contributed by atoms with Gasteiger partial charge in [0.2, 0.25) is 0 Å². The third-order valence-electron chi connectivity index (χ3n) is 3.20. The van der Waals surface area contributed by atoms with E-state index >= 15 is 0 Å². The molecule has 0 aromatic carbocycles. The summed E-state index contributed by atoms with van der Waals surface area (Å²) in [6.07, 6.45) is 5.62. The Hall–Kier alpha value is -0.770. The van der Waals surface area contributed by atoms with Crippen LogP contribution in [0, 0.1) is 0 Å². The van der Waals surface area contributed by atoms with Crippen LogP contribution in [0.5, 0.6) is 0 Å². The van der Waals surface area contributed by atoms with Crippen molar-refractivity contribution in [1.82, 2.24) is 10.6 Å². The molecule has 1 amide bonds. The number of carbonyl (C=O) groups excluding carboxylic acids is 1. The Balaban J connectivity index is 1.67. The summed E-state index contributed by atoms with van der Waals surface area (Å²) in [6, 6.07) is 1.61. The van der Waals surface area contributed by atoms with Crippen molar-refractivity contribution in [3.8, 4) is 0 Å². The highest BCUT2D eigenvalue weighted by atomic mass is 16.6. The van der Waals surface area contributed by atoms with Gasteiger partial charge in [-0.1, -0.05) is 0 Å². The predicted molar refractivity (Wildman–Crippen MR) is 67.0 cm³/mol. The third-order valence-corrected chi connectivity index (χ3v) is 3.20. The number of ether oxygens (including phenoxy) is 1. The summed E-state index contributed by atoms with van der Waals surface area (Å²) in [5.41, 5.74) is -0.408. The van der Waals surface area contributed by atoms with Gasteiger partial charge < -0.3 is 15.4 Å². The van der Waals surface area contributed by atoms with Crippen LogP contribution in [-0.4, -0.2) is 29.8 Å². The molecule has 2 rings (SSSR count). The van der Waals surface area contributed by atoms with Gasteiger partial charge in [-0.05, 0) is 52.9 Å². The molecule has 0 aromatic rings. The molecule has 0 heterocycles. The summed E-state index contributed by atoms with van der Waals surface area (Å²) in [6.45, 7) is 5.66. The Morgan fingerprint density at radius 1 is 1.06 bits per heavy atom. The smallest absolute Gasteiger partial charge is 0.407 e. The molecule has 17 heavy (non-hydrogen) atoms. The number of hydrogen-bond acceptors (Lipinski definition) is 3. The van der Waals surface area contributed by atoms with Crippen molar-refractivity contribution >= 4 is 6.09 Å². The maximum absolute atomic E-state index is 11.6. The van der Waals surface area contributed by atoms with Crippen LogP contribution in [0.15, 0.2) is 0 Å². The number of rotatable bonds is 3. The van der Waals surface area contributed by atoms with Gasteiger partial charge in [-0.2, -0.15) is 0 Å². The van der Waals surface area contributed by atoms with Crippen molar-refractivity contribution in [3.63, 3.8) is 0 Å². The van der Waals surface area contributed by atoms with Crippen molar-refractivity contribution in [2.45, 2.75) is 76.6 Å². The van der Waals surface area contributed by atoms with E-state index in [0.717, 1.165) is 25.3 Å². The summed E-state index contributed by atoms with van der Waals surface area (Å²) in [4.78, 5) is 11.6. The highest BCUT2D eigenvalue weighted by Gasteiger charge is 2.31. The topological polar surface area (TPSA) is 50.4 Å². The zero-order valence-corrected chi connectivity index (χ0v) is 11.1. The van der Waals surface area contributed by atoms with Crippen LogP contribution in [0.1, 0.15) is 52.9 Å². The first-order valence-corrected chi connectivity index (χ1v) is 6.68. The highest BCUT2D eigenvalue weighted by molar-refractivity contribution is 5.68. The van der Waals surface area contributed by atoms with E-state index in [1.165, 1.54) is 12.8 Å². The second kappa shape index (κ2) is 4.84. The Kier molecular flexibility index (Phi) is 3.61. The average Bonchev–Trinajstić information content (AvgIpc) is 2.84. The van der Waals surface area contributed by atoms with Crippen LogP contribution in [0.4, 0.5) is 4.79 Å². The fourth-order valence-electron chi connectivity index (χ4n) is 2.32. The highest BCUT2D eigenvalue weighted by Crippen LogP contribution is 2.25. The molecule has 0 aromatic heterocycles. The van der Waals surface area contributed by atoms with Gasteiger partial charge in [0, 0.05) is 18.1 Å². The summed E-state index contributed by atoms with van der Waals surface area (Å²) < 4.78 is 5.26. The Bertz CT molecular complexity index is 282. The van der Waals surface area contributed by atoms with E-state index in [0.29, 0.717) is 6.04 Å². The molecule has 2 saturated carbocycles. The third kappa shape index (κ3) is 4.54. The molecular formula is C13H24N2O2. The van der Waals surface area contributed by atoms with Gasteiger partial charge in [0.05, 0.1) is 0 Å². The lowest BCUT2D eigenvalue weighted by Gasteiger charge is -2.21. The molecule has 0 saturated heterocycles. The first kappa shape index (κ1) is 12.7. The van der Waals surface area contributed by atoms with Crippen molar-refractivity contribution < 1.29 is 9.53 Å². The lowest BCUT2D eigenvalue weighted by molar-refractivity contribution is 0.0505. The minimum atomic E-state index is -0.408. The summed E-state index contributed by atoms with van der Waals surface area (Å²) in [7, 11) is 0. The molecule has 2 fully saturated rings. The molecule has 4 nitrogen and oxygen atoms in total. The molecule has 2 aliphatic rings. The Morgan fingerprint density at radius 2 is 1.65 bits per heavy atom. The van der Waals surface area contributed by atoms with Gasteiger partial charge in [0.15, 0.2) is 0 Å². The van der Waals surface area contributed by atoms with Gasteiger partial charge in [0.25, 0.3) is 0 Å². The summed E-state index contributed by atoms with van der Waals surface area (Å²) in [5.74, 6) is 0. The van der Waals surface area contributed by atoms with Crippen molar-refractivity contribution in [2.75, 3.05) is 0 Å². The standard InChI is InChI=1S/C13H24N2O2/c1-13(2,3)17-12(16)15-11-7-6-10(8-11)14-9-4-5-9/h9-11,14H,4-8H2,1-3H3,(H,15,16). The summed E-state index contributed by atoms with van der Waals surface area (Å²) in [5, 5.41) is 6.57. The Labute approximate surface area is 103 Å². The van der Waals surface area contributed by atoms with Crippen molar-refractivity contribution in [3.05, 3.63) is 0 Å². The minimum Gasteiger partial charge on any atom is -0.444 e. The number of alkyl carbamates (subject to hydrolysis) is 1. The van der Waals surface area contributed by atoms with Crippen LogP contribution in [-0.2, 0) is 4.74 Å². The SMILES string of the molecule is CC(C)(C)OC(=O)NC1CCC(NC2CC2)C1. The zero-order chi connectivity index (χ0) is 12.5. The molecule has 2 aliphatic carbocycles. The molecule has 98 valence electrons. The average molecular weight is 240 g/mol. The summed E-state index contributed by atoms with van der Waals surface area (Å²) >= 11 is 0. The zero-order valence-electron chi connectivity index (χ0n) is 11.1. The van der Waals surface area contributed by atoms with Crippen LogP contribution in [0.2, 0.25) is 0 Å². The van der Waals surface area contributed by atoms with Crippen LogP contribution in [0.3, 0.4) is 0 Å². The van der Waals surface area contributed by atoms with E-state index in [2.05, 4.69) is 10.6 Å². The van der Waals surface area contributed by atoms with Crippen LogP contribution < -0.4 is 10.6 Å². The second-order valence-electron chi connectivity index (χ2n) is 6.29. The largest absolute Gasteiger partial charge is 0.444 e. The van der Waals surface area contributed by atoms with Crippen molar-refractivity contribution in [2.24, 2.45) is 0 Å². The predicted octanol–water partition coefficient (Wildman–Crippen LogP) is 2.18. The van der Waals surface area contributed by atoms with E-state index in [1.807, 2.05) is 20.8 Å². The first-order chi connectivity index (χ1) is 7.92. The molecular weight excluding hydrogens is 216 g/mol. The maximum atomic E-state index is 11.6. The molecule has 2 N–H and O–H groups in total. The molecule has 0 aliphatic heterocycles. The van der Waals surface area contributed by atoms with Gasteiger partial charge >= 0.3 is 6.09 Å². The molecule has 0 radical (unpaired) electrons. The molecule has 2 atom stereocenters. The fourth-order valence-corrected chi connectivity index (χ4v) is 2.32. The molecule has 0 bridgehead atoms.